The zero-order valence-electron chi connectivity index (χ0n) is 7.68. The summed E-state index contributed by atoms with van der Waals surface area (Å²) in [5.74, 6) is 1.11. The molecule has 0 amide bonds. The highest BCUT2D eigenvalue weighted by atomic mass is 16.5. The molecule has 0 bridgehead atoms. The molecule has 0 unspecified atom stereocenters. The van der Waals surface area contributed by atoms with Crippen molar-refractivity contribution >= 4 is 0 Å². The van der Waals surface area contributed by atoms with E-state index in [0.717, 1.165) is 25.2 Å². The van der Waals surface area contributed by atoms with E-state index in [9.17, 15) is 0 Å². The minimum Gasteiger partial charge on any atom is -0.498 e. The van der Waals surface area contributed by atoms with Crippen molar-refractivity contribution in [1.82, 2.24) is 0 Å². The molecule has 68 valence electrons. The van der Waals surface area contributed by atoms with Crippen LogP contribution in [0.15, 0.2) is 23.5 Å². The molecule has 0 fully saturated rings. The van der Waals surface area contributed by atoms with Gasteiger partial charge in [-0.25, -0.2) is 0 Å². The third-order valence-electron chi connectivity index (χ3n) is 1.94. The van der Waals surface area contributed by atoms with Crippen molar-refractivity contribution in [3.63, 3.8) is 0 Å². The summed E-state index contributed by atoms with van der Waals surface area (Å²) in [6, 6.07) is 0. The largest absolute Gasteiger partial charge is 0.498 e. The molecule has 0 aliphatic heterocycles. The molecule has 0 aromatic heterocycles. The van der Waals surface area contributed by atoms with Crippen LogP contribution in [-0.2, 0) is 4.74 Å². The molecule has 0 saturated heterocycles. The lowest BCUT2D eigenvalue weighted by Crippen LogP contribution is -2.01. The fourth-order valence-corrected chi connectivity index (χ4v) is 1.43. The molecular weight excluding hydrogens is 150 g/mol. The van der Waals surface area contributed by atoms with E-state index in [1.807, 2.05) is 6.92 Å². The summed E-state index contributed by atoms with van der Waals surface area (Å²) in [5.41, 5.74) is 6.76. The molecule has 2 heteroatoms. The van der Waals surface area contributed by atoms with Gasteiger partial charge in [0.05, 0.1) is 12.4 Å². The van der Waals surface area contributed by atoms with Gasteiger partial charge in [-0.3, -0.25) is 0 Å². The Kier molecular flexibility index (Phi) is 3.88. The maximum atomic E-state index is 5.44. The summed E-state index contributed by atoms with van der Waals surface area (Å²) in [5, 5.41) is 0. The summed E-state index contributed by atoms with van der Waals surface area (Å²) < 4.78 is 5.44. The number of hydrogen-bond acceptors (Lipinski definition) is 2. The lowest BCUT2D eigenvalue weighted by atomic mass is 10.0. The summed E-state index contributed by atoms with van der Waals surface area (Å²) in [7, 11) is 0. The Labute approximate surface area is 74.1 Å². The van der Waals surface area contributed by atoms with Gasteiger partial charge in [-0.15, -0.1) is 0 Å². The van der Waals surface area contributed by atoms with Gasteiger partial charge in [-0.1, -0.05) is 6.08 Å². The predicted octanol–water partition coefficient (Wildman–Crippen LogP) is 1.98. The molecule has 0 aromatic rings. The first-order valence-corrected chi connectivity index (χ1v) is 4.59. The highest BCUT2D eigenvalue weighted by Crippen LogP contribution is 2.22. The Morgan fingerprint density at radius 3 is 3.08 bits per heavy atom. The number of rotatable bonds is 3. The fraction of sp³-hybridized carbons (Fsp3) is 0.600. The van der Waals surface area contributed by atoms with Crippen LogP contribution in [-0.4, -0.2) is 13.2 Å². The lowest BCUT2D eigenvalue weighted by molar-refractivity contribution is 0.214. The molecular formula is C10H17NO. The minimum absolute atomic E-state index is 0.630. The number of nitrogens with two attached hydrogens (primary N) is 1. The van der Waals surface area contributed by atoms with E-state index in [1.54, 1.807) is 0 Å². The second-order valence-corrected chi connectivity index (χ2v) is 2.91. The van der Waals surface area contributed by atoms with E-state index in [-0.39, 0.29) is 0 Å². The summed E-state index contributed by atoms with van der Waals surface area (Å²) >= 11 is 0. The smallest absolute Gasteiger partial charge is 0.0962 e. The van der Waals surface area contributed by atoms with Crippen molar-refractivity contribution in [2.75, 3.05) is 13.2 Å². The molecule has 0 spiro atoms. The Bertz CT molecular complexity index is 194. The van der Waals surface area contributed by atoms with Crippen molar-refractivity contribution in [3.8, 4) is 0 Å². The van der Waals surface area contributed by atoms with Gasteiger partial charge in [-0.2, -0.15) is 0 Å². The maximum Gasteiger partial charge on any atom is 0.0962 e. The summed E-state index contributed by atoms with van der Waals surface area (Å²) in [6.07, 6.45) is 7.61. The quantitative estimate of drug-likeness (QED) is 0.697. The Morgan fingerprint density at radius 1 is 1.58 bits per heavy atom. The highest BCUT2D eigenvalue weighted by Gasteiger charge is 2.06. The van der Waals surface area contributed by atoms with Gasteiger partial charge < -0.3 is 10.5 Å². The topological polar surface area (TPSA) is 35.2 Å². The first kappa shape index (κ1) is 9.33. The van der Waals surface area contributed by atoms with Crippen LogP contribution in [0, 0.1) is 0 Å². The van der Waals surface area contributed by atoms with E-state index in [4.69, 9.17) is 10.5 Å². The average molecular weight is 167 g/mol. The normalized spacial score (nSPS) is 20.8. The molecule has 1 rings (SSSR count). The predicted molar refractivity (Wildman–Crippen MR) is 50.7 cm³/mol. The first-order valence-electron chi connectivity index (χ1n) is 4.59. The number of allylic oxidation sites excluding steroid dienone is 3. The van der Waals surface area contributed by atoms with E-state index in [0.29, 0.717) is 6.54 Å². The Balaban J connectivity index is 2.57. The van der Waals surface area contributed by atoms with Crippen LogP contribution < -0.4 is 5.73 Å². The molecule has 1 aliphatic carbocycles. The van der Waals surface area contributed by atoms with Crippen LogP contribution in [0.1, 0.15) is 26.2 Å². The second-order valence-electron chi connectivity index (χ2n) is 2.91. The first-order chi connectivity index (χ1) is 5.86. The molecule has 0 heterocycles. The number of ether oxygens (including phenoxy) is 1. The zero-order chi connectivity index (χ0) is 8.81. The average Bonchev–Trinajstić information content (AvgIpc) is 2.06. The maximum absolute atomic E-state index is 5.44. The monoisotopic (exact) mass is 167 g/mol. The van der Waals surface area contributed by atoms with Crippen LogP contribution in [0.3, 0.4) is 0 Å². The van der Waals surface area contributed by atoms with Gasteiger partial charge in [0.15, 0.2) is 0 Å². The van der Waals surface area contributed by atoms with Gasteiger partial charge in [-0.05, 0) is 31.4 Å². The van der Waals surface area contributed by atoms with Gasteiger partial charge in [0.25, 0.3) is 0 Å². The molecule has 1 aliphatic rings. The second kappa shape index (κ2) is 4.99. The highest BCUT2D eigenvalue weighted by molar-refractivity contribution is 5.24. The van der Waals surface area contributed by atoms with Crippen molar-refractivity contribution in [2.24, 2.45) is 5.73 Å². The van der Waals surface area contributed by atoms with Crippen molar-refractivity contribution in [2.45, 2.75) is 26.2 Å². The van der Waals surface area contributed by atoms with E-state index >= 15 is 0 Å². The van der Waals surface area contributed by atoms with Crippen molar-refractivity contribution in [1.29, 1.82) is 0 Å². The third kappa shape index (κ3) is 2.70. The molecule has 0 atom stereocenters. The van der Waals surface area contributed by atoms with Gasteiger partial charge >= 0.3 is 0 Å². The SMILES string of the molecule is CCOC1=CC(=CCN)CCC1. The Hall–Kier alpha value is -0.760. The van der Waals surface area contributed by atoms with E-state index < -0.39 is 0 Å². The summed E-state index contributed by atoms with van der Waals surface area (Å²) in [4.78, 5) is 0. The van der Waals surface area contributed by atoms with Crippen molar-refractivity contribution < 1.29 is 4.74 Å². The van der Waals surface area contributed by atoms with E-state index in [1.165, 1.54) is 12.0 Å². The minimum atomic E-state index is 0.630. The molecule has 0 radical (unpaired) electrons. The molecule has 0 aromatic carbocycles. The third-order valence-corrected chi connectivity index (χ3v) is 1.94. The van der Waals surface area contributed by atoms with Crippen LogP contribution in [0.5, 0.6) is 0 Å². The molecule has 12 heavy (non-hydrogen) atoms. The fourth-order valence-electron chi connectivity index (χ4n) is 1.43. The van der Waals surface area contributed by atoms with Crippen molar-refractivity contribution in [3.05, 3.63) is 23.5 Å². The van der Waals surface area contributed by atoms with Gasteiger partial charge in [0.2, 0.25) is 0 Å². The summed E-state index contributed by atoms with van der Waals surface area (Å²) in [6.45, 7) is 3.41. The number of hydrogen-bond donors (Lipinski definition) is 1. The molecule has 2 N–H and O–H groups in total. The Morgan fingerprint density at radius 2 is 2.42 bits per heavy atom. The zero-order valence-corrected chi connectivity index (χ0v) is 7.68. The van der Waals surface area contributed by atoms with Gasteiger partial charge in [0, 0.05) is 13.0 Å². The van der Waals surface area contributed by atoms with Crippen LogP contribution in [0.2, 0.25) is 0 Å². The lowest BCUT2D eigenvalue weighted by Gasteiger charge is -2.15. The standard InChI is InChI=1S/C10H17NO/c1-2-12-10-5-3-4-9(8-10)6-7-11/h6,8H,2-5,7,11H2,1H3. The van der Waals surface area contributed by atoms with E-state index in [2.05, 4.69) is 12.2 Å². The molecule has 2 nitrogen and oxygen atoms in total. The van der Waals surface area contributed by atoms with Crippen LogP contribution >= 0.6 is 0 Å². The molecule has 0 saturated carbocycles. The van der Waals surface area contributed by atoms with Crippen LogP contribution in [0.4, 0.5) is 0 Å². The van der Waals surface area contributed by atoms with Crippen LogP contribution in [0.25, 0.3) is 0 Å². The van der Waals surface area contributed by atoms with Gasteiger partial charge in [0.1, 0.15) is 0 Å².